The number of ketones is 1. The van der Waals surface area contributed by atoms with Crippen molar-refractivity contribution in [3.63, 3.8) is 0 Å². The minimum atomic E-state index is -0.344. The molecule has 1 saturated carbocycles. The molecule has 1 aliphatic carbocycles. The van der Waals surface area contributed by atoms with Gasteiger partial charge in [-0.3, -0.25) is 4.79 Å². The molecule has 1 fully saturated rings. The lowest BCUT2D eigenvalue weighted by molar-refractivity contribution is 0.0994. The number of carbonyl (C=O) groups is 1. The van der Waals surface area contributed by atoms with Gasteiger partial charge < -0.3 is 4.57 Å². The van der Waals surface area contributed by atoms with Crippen molar-refractivity contribution in [2.75, 3.05) is 0 Å². The van der Waals surface area contributed by atoms with E-state index in [1.54, 1.807) is 0 Å². The van der Waals surface area contributed by atoms with Crippen LogP contribution in [0, 0.1) is 5.82 Å². The number of carbonyl (C=O) groups excluding carboxylic acids is 1. The Bertz CT molecular complexity index is 936. The molecule has 0 aliphatic heterocycles. The van der Waals surface area contributed by atoms with E-state index in [2.05, 4.69) is 26.9 Å². The van der Waals surface area contributed by atoms with E-state index in [1.165, 1.54) is 41.6 Å². The Morgan fingerprint density at radius 2 is 1.85 bits per heavy atom. The monoisotopic (exact) mass is 381 g/mol. The highest BCUT2D eigenvalue weighted by Crippen LogP contribution is 2.40. The Kier molecular flexibility index (Phi) is 5.07. The van der Waals surface area contributed by atoms with Crippen LogP contribution in [0.3, 0.4) is 0 Å². The molecule has 0 unspecified atom stereocenters. The molecular weight excluding hydrogens is 361 g/mol. The molecule has 138 valence electrons. The Morgan fingerprint density at radius 1 is 1.15 bits per heavy atom. The summed E-state index contributed by atoms with van der Waals surface area (Å²) in [4.78, 5) is 12.7. The maximum atomic E-state index is 13.1. The molecule has 2 aromatic carbocycles. The van der Waals surface area contributed by atoms with Gasteiger partial charge in [-0.25, -0.2) is 4.39 Å². The number of aromatic nitrogens is 3. The first-order valence-electron chi connectivity index (χ1n) is 9.05. The van der Waals surface area contributed by atoms with Crippen LogP contribution in [0.15, 0.2) is 59.8 Å². The molecule has 1 atom stereocenters. The van der Waals surface area contributed by atoms with Crippen molar-refractivity contribution in [2.45, 2.75) is 42.6 Å². The average molecular weight is 381 g/mol. The minimum absolute atomic E-state index is 0.0396. The van der Waals surface area contributed by atoms with Gasteiger partial charge in [0.25, 0.3) is 0 Å². The quantitative estimate of drug-likeness (QED) is 0.439. The lowest BCUT2D eigenvalue weighted by atomic mass is 10.1. The first-order chi connectivity index (χ1) is 13.1. The molecule has 6 heteroatoms. The lowest BCUT2D eigenvalue weighted by Gasteiger charge is -2.13. The number of benzene rings is 2. The van der Waals surface area contributed by atoms with Crippen molar-refractivity contribution >= 4 is 17.5 Å². The van der Waals surface area contributed by atoms with Crippen LogP contribution in [0.1, 0.15) is 47.4 Å². The third-order valence-electron chi connectivity index (χ3n) is 4.65. The fourth-order valence-corrected chi connectivity index (χ4v) is 3.94. The fourth-order valence-electron chi connectivity index (χ4n) is 3.01. The Morgan fingerprint density at radius 3 is 2.52 bits per heavy atom. The number of nitrogens with zero attached hydrogens (tertiary/aromatic N) is 3. The van der Waals surface area contributed by atoms with E-state index in [0.717, 1.165) is 23.8 Å². The van der Waals surface area contributed by atoms with E-state index in [4.69, 9.17) is 0 Å². The number of rotatable bonds is 7. The van der Waals surface area contributed by atoms with Crippen LogP contribution in [0.25, 0.3) is 0 Å². The van der Waals surface area contributed by atoms with Gasteiger partial charge in [-0.05, 0) is 49.6 Å². The molecule has 27 heavy (non-hydrogen) atoms. The smallest absolute Gasteiger partial charge is 0.192 e. The van der Waals surface area contributed by atoms with Crippen LogP contribution in [0.5, 0.6) is 0 Å². The molecule has 0 bridgehead atoms. The molecule has 0 saturated heterocycles. The summed E-state index contributed by atoms with van der Waals surface area (Å²) < 4.78 is 15.2. The summed E-state index contributed by atoms with van der Waals surface area (Å²) in [5, 5.41) is 9.19. The van der Waals surface area contributed by atoms with Gasteiger partial charge in [0, 0.05) is 11.5 Å². The van der Waals surface area contributed by atoms with Gasteiger partial charge in [0.1, 0.15) is 11.6 Å². The largest absolute Gasteiger partial charge is 0.301 e. The van der Waals surface area contributed by atoms with Crippen LogP contribution in [0.2, 0.25) is 0 Å². The normalized spacial score (nSPS) is 14.9. The number of thioether (sulfide) groups is 1. The second-order valence-corrected chi connectivity index (χ2v) is 8.13. The molecular formula is C21H20FN3OS. The standard InChI is InChI=1S/C21H20FN3OS/c1-14(19(26)16-9-11-18(22)12-10-16)27-21-24-23-20(17-7-8-17)25(21)13-15-5-3-2-4-6-15/h2-6,9-12,14,17H,7-8,13H2,1H3/t14-/m0/s1. The van der Waals surface area contributed by atoms with Crippen molar-refractivity contribution in [3.8, 4) is 0 Å². The van der Waals surface area contributed by atoms with E-state index >= 15 is 0 Å². The van der Waals surface area contributed by atoms with Crippen LogP contribution in [0.4, 0.5) is 4.39 Å². The number of Topliss-reactive ketones (excluding diaryl/α,β-unsaturated/α-hetero) is 1. The molecule has 0 spiro atoms. The van der Waals surface area contributed by atoms with E-state index < -0.39 is 0 Å². The highest BCUT2D eigenvalue weighted by molar-refractivity contribution is 8.00. The zero-order valence-corrected chi connectivity index (χ0v) is 15.8. The average Bonchev–Trinajstić information content (AvgIpc) is 3.46. The molecule has 0 radical (unpaired) electrons. The van der Waals surface area contributed by atoms with Gasteiger partial charge in [0.2, 0.25) is 0 Å². The molecule has 0 N–H and O–H groups in total. The van der Waals surface area contributed by atoms with Crippen molar-refractivity contribution in [1.29, 1.82) is 0 Å². The third kappa shape index (κ3) is 4.11. The van der Waals surface area contributed by atoms with Gasteiger partial charge in [0.15, 0.2) is 10.9 Å². The highest BCUT2D eigenvalue weighted by Gasteiger charge is 2.31. The van der Waals surface area contributed by atoms with Crippen molar-refractivity contribution in [3.05, 3.63) is 77.4 Å². The summed E-state index contributed by atoms with van der Waals surface area (Å²) in [7, 11) is 0. The summed E-state index contributed by atoms with van der Waals surface area (Å²) >= 11 is 1.41. The highest BCUT2D eigenvalue weighted by atomic mass is 32.2. The Hall–Kier alpha value is -2.47. The second kappa shape index (κ2) is 7.64. The molecule has 1 heterocycles. The Balaban J connectivity index is 1.56. The molecule has 0 amide bonds. The van der Waals surface area contributed by atoms with Crippen molar-refractivity contribution < 1.29 is 9.18 Å². The predicted molar refractivity (Wildman–Crippen MR) is 104 cm³/mol. The number of hydrogen-bond acceptors (Lipinski definition) is 4. The van der Waals surface area contributed by atoms with E-state index in [-0.39, 0.29) is 16.9 Å². The van der Waals surface area contributed by atoms with Crippen LogP contribution >= 0.6 is 11.8 Å². The first kappa shape index (κ1) is 17.9. The predicted octanol–water partition coefficient (Wildman–Crippen LogP) is 4.71. The summed E-state index contributed by atoms with van der Waals surface area (Å²) in [5.41, 5.74) is 1.69. The van der Waals surface area contributed by atoms with E-state index in [1.807, 2.05) is 25.1 Å². The molecule has 4 nitrogen and oxygen atoms in total. The topological polar surface area (TPSA) is 47.8 Å². The molecule has 1 aromatic heterocycles. The van der Waals surface area contributed by atoms with E-state index in [9.17, 15) is 9.18 Å². The summed E-state index contributed by atoms with van der Waals surface area (Å²) in [6, 6.07) is 15.9. The summed E-state index contributed by atoms with van der Waals surface area (Å²) in [6.07, 6.45) is 2.28. The number of halogens is 1. The van der Waals surface area contributed by atoms with Crippen molar-refractivity contribution in [2.24, 2.45) is 0 Å². The summed E-state index contributed by atoms with van der Waals surface area (Å²) in [6.45, 7) is 2.55. The van der Waals surface area contributed by atoms with Gasteiger partial charge in [-0.2, -0.15) is 0 Å². The summed E-state index contributed by atoms with van der Waals surface area (Å²) in [5.74, 6) is 1.09. The third-order valence-corrected chi connectivity index (χ3v) is 5.73. The maximum absolute atomic E-state index is 13.1. The zero-order chi connectivity index (χ0) is 18.8. The zero-order valence-electron chi connectivity index (χ0n) is 15.0. The van der Waals surface area contributed by atoms with Gasteiger partial charge in [-0.15, -0.1) is 10.2 Å². The van der Waals surface area contributed by atoms with Crippen molar-refractivity contribution in [1.82, 2.24) is 14.8 Å². The molecule has 1 aliphatic rings. The number of hydrogen-bond donors (Lipinski definition) is 0. The van der Waals surface area contributed by atoms with E-state index in [0.29, 0.717) is 18.0 Å². The van der Waals surface area contributed by atoms with Crippen LogP contribution in [-0.2, 0) is 6.54 Å². The first-order valence-corrected chi connectivity index (χ1v) is 9.93. The fraction of sp³-hybridized carbons (Fsp3) is 0.286. The second-order valence-electron chi connectivity index (χ2n) is 6.82. The minimum Gasteiger partial charge on any atom is -0.301 e. The van der Waals surface area contributed by atoms with Gasteiger partial charge in [0.05, 0.1) is 11.8 Å². The lowest BCUT2D eigenvalue weighted by Crippen LogP contribution is -2.15. The van der Waals surface area contributed by atoms with Crippen LogP contribution < -0.4 is 0 Å². The molecule has 4 rings (SSSR count). The van der Waals surface area contributed by atoms with Gasteiger partial charge in [-0.1, -0.05) is 42.1 Å². The SMILES string of the molecule is C[C@H](Sc1nnc(C2CC2)n1Cc1ccccc1)C(=O)c1ccc(F)cc1. The Labute approximate surface area is 161 Å². The maximum Gasteiger partial charge on any atom is 0.192 e. The van der Waals surface area contributed by atoms with Gasteiger partial charge >= 0.3 is 0 Å². The molecule has 3 aromatic rings. The van der Waals surface area contributed by atoms with Crippen LogP contribution in [-0.4, -0.2) is 25.8 Å².